The summed E-state index contributed by atoms with van der Waals surface area (Å²) in [4.78, 5) is 4.31. The third kappa shape index (κ3) is 4.20. The molecule has 124 valence electrons. The Bertz CT molecular complexity index is 810. The summed E-state index contributed by atoms with van der Waals surface area (Å²) in [7, 11) is 0. The fourth-order valence-corrected chi connectivity index (χ4v) is 2.87. The number of ether oxygens (including phenoxy) is 1. The zero-order valence-electron chi connectivity index (χ0n) is 13.6. The lowest BCUT2D eigenvalue weighted by molar-refractivity contribution is 0.335. The van der Waals surface area contributed by atoms with Gasteiger partial charge in [0.1, 0.15) is 5.75 Å². The minimum atomic E-state index is 0.629. The Morgan fingerprint density at radius 2 is 2.33 bits per heavy atom. The van der Waals surface area contributed by atoms with Crippen molar-refractivity contribution in [3.05, 3.63) is 58.9 Å². The van der Waals surface area contributed by atoms with Crippen LogP contribution in [0.25, 0.3) is 0 Å². The van der Waals surface area contributed by atoms with Crippen LogP contribution >= 0.6 is 11.3 Å². The molecule has 3 rings (SSSR count). The number of hydrogen-bond donors (Lipinski definition) is 1. The summed E-state index contributed by atoms with van der Waals surface area (Å²) < 4.78 is 7.58. The first-order valence-corrected chi connectivity index (χ1v) is 8.57. The van der Waals surface area contributed by atoms with Crippen LogP contribution in [-0.4, -0.2) is 27.6 Å². The van der Waals surface area contributed by atoms with E-state index >= 15 is 0 Å². The van der Waals surface area contributed by atoms with Gasteiger partial charge < -0.3 is 4.74 Å². The van der Waals surface area contributed by atoms with E-state index in [9.17, 15) is 0 Å². The van der Waals surface area contributed by atoms with Gasteiger partial charge in [-0.05, 0) is 43.7 Å². The van der Waals surface area contributed by atoms with Crippen molar-refractivity contribution in [1.82, 2.24) is 14.8 Å². The van der Waals surface area contributed by atoms with Gasteiger partial charge in [0.15, 0.2) is 0 Å². The molecule has 0 unspecified atom stereocenters. The first-order valence-electron chi connectivity index (χ1n) is 7.69. The average molecular weight is 341 g/mol. The van der Waals surface area contributed by atoms with Crippen molar-refractivity contribution in [2.75, 3.05) is 12.0 Å². The number of rotatable bonds is 7. The summed E-state index contributed by atoms with van der Waals surface area (Å²) in [6.45, 7) is 5.22. The zero-order valence-corrected chi connectivity index (χ0v) is 14.5. The topological polar surface area (TPSA) is 64.3 Å². The summed E-state index contributed by atoms with van der Waals surface area (Å²) in [6.07, 6.45) is 5.48. The summed E-state index contributed by atoms with van der Waals surface area (Å²) in [6, 6.07) is 7.92. The Morgan fingerprint density at radius 1 is 1.42 bits per heavy atom. The zero-order chi connectivity index (χ0) is 16.8. The van der Waals surface area contributed by atoms with E-state index < -0.39 is 0 Å². The standard InChI is InChI=1S/C17H19N5OS/c1-3-23-16-6-5-14(9-15(16)11-22-8-4-7-19-22)10-18-21-17-20-13(2)12-24-17/h4-10,12H,3,11H2,1-2H3,(H,20,21). The predicted octanol–water partition coefficient (Wildman–Crippen LogP) is 3.54. The van der Waals surface area contributed by atoms with Crippen LogP contribution in [0.2, 0.25) is 0 Å². The predicted molar refractivity (Wildman–Crippen MR) is 97.0 cm³/mol. The van der Waals surface area contributed by atoms with Gasteiger partial charge in [0.25, 0.3) is 0 Å². The molecule has 0 atom stereocenters. The van der Waals surface area contributed by atoms with Crippen LogP contribution in [0.5, 0.6) is 5.75 Å². The van der Waals surface area contributed by atoms with Crippen molar-refractivity contribution in [1.29, 1.82) is 0 Å². The smallest absolute Gasteiger partial charge is 0.203 e. The second-order valence-electron chi connectivity index (χ2n) is 5.17. The molecule has 0 fully saturated rings. The molecule has 24 heavy (non-hydrogen) atoms. The van der Waals surface area contributed by atoms with Gasteiger partial charge in [-0.3, -0.25) is 10.1 Å². The lowest BCUT2D eigenvalue weighted by Crippen LogP contribution is -2.04. The number of anilines is 1. The molecular formula is C17H19N5OS. The average Bonchev–Trinajstić information content (AvgIpc) is 3.22. The van der Waals surface area contributed by atoms with Crippen molar-refractivity contribution in [2.24, 2.45) is 5.10 Å². The molecule has 0 spiro atoms. The first-order chi connectivity index (χ1) is 11.7. The maximum absolute atomic E-state index is 5.71. The first kappa shape index (κ1) is 16.2. The third-order valence-corrected chi connectivity index (χ3v) is 4.13. The highest BCUT2D eigenvalue weighted by molar-refractivity contribution is 7.13. The second-order valence-corrected chi connectivity index (χ2v) is 6.03. The van der Waals surface area contributed by atoms with Gasteiger partial charge in [-0.15, -0.1) is 11.3 Å². The molecule has 2 aromatic heterocycles. The summed E-state index contributed by atoms with van der Waals surface area (Å²) >= 11 is 1.53. The van der Waals surface area contributed by atoms with Gasteiger partial charge in [0.2, 0.25) is 5.13 Å². The van der Waals surface area contributed by atoms with Gasteiger partial charge in [0, 0.05) is 23.3 Å². The molecule has 2 heterocycles. The van der Waals surface area contributed by atoms with E-state index in [0.717, 1.165) is 27.7 Å². The minimum Gasteiger partial charge on any atom is -0.494 e. The number of hydrogen-bond acceptors (Lipinski definition) is 6. The molecule has 0 radical (unpaired) electrons. The summed E-state index contributed by atoms with van der Waals surface area (Å²) in [5, 5.41) is 11.3. The van der Waals surface area contributed by atoms with Crippen molar-refractivity contribution in [3.63, 3.8) is 0 Å². The van der Waals surface area contributed by atoms with E-state index in [-0.39, 0.29) is 0 Å². The SMILES string of the molecule is CCOc1ccc(C=NNc2nc(C)cs2)cc1Cn1cccn1. The van der Waals surface area contributed by atoms with E-state index in [1.165, 1.54) is 11.3 Å². The Hall–Kier alpha value is -2.67. The number of aryl methyl sites for hydroxylation is 1. The fraction of sp³-hybridized carbons (Fsp3) is 0.235. The molecule has 0 saturated carbocycles. The van der Waals surface area contributed by atoms with E-state index in [1.807, 2.05) is 48.3 Å². The van der Waals surface area contributed by atoms with E-state index in [2.05, 4.69) is 26.7 Å². The molecule has 0 aliphatic heterocycles. The van der Waals surface area contributed by atoms with Crippen LogP contribution in [0.1, 0.15) is 23.7 Å². The maximum Gasteiger partial charge on any atom is 0.203 e. The molecule has 0 aliphatic rings. The number of thiazole rings is 1. The largest absolute Gasteiger partial charge is 0.494 e. The van der Waals surface area contributed by atoms with Crippen LogP contribution in [0, 0.1) is 6.92 Å². The van der Waals surface area contributed by atoms with Crippen LogP contribution in [0.3, 0.4) is 0 Å². The van der Waals surface area contributed by atoms with Gasteiger partial charge in [-0.25, -0.2) is 4.98 Å². The molecule has 0 bridgehead atoms. The van der Waals surface area contributed by atoms with Gasteiger partial charge >= 0.3 is 0 Å². The highest BCUT2D eigenvalue weighted by atomic mass is 32.1. The Morgan fingerprint density at radius 3 is 3.04 bits per heavy atom. The number of aromatic nitrogens is 3. The van der Waals surface area contributed by atoms with E-state index in [4.69, 9.17) is 4.74 Å². The lowest BCUT2D eigenvalue weighted by Gasteiger charge is -2.11. The van der Waals surface area contributed by atoms with Gasteiger partial charge in [0.05, 0.1) is 25.1 Å². The molecule has 0 saturated heterocycles. The number of hydrazone groups is 1. The molecule has 0 amide bonds. The summed E-state index contributed by atoms with van der Waals surface area (Å²) in [5.41, 5.74) is 5.99. The lowest BCUT2D eigenvalue weighted by atomic mass is 10.1. The highest BCUT2D eigenvalue weighted by Crippen LogP contribution is 2.21. The van der Waals surface area contributed by atoms with Crippen molar-refractivity contribution in [2.45, 2.75) is 20.4 Å². The van der Waals surface area contributed by atoms with Crippen molar-refractivity contribution in [3.8, 4) is 5.75 Å². The molecule has 1 N–H and O–H groups in total. The van der Waals surface area contributed by atoms with Crippen LogP contribution in [0.4, 0.5) is 5.13 Å². The monoisotopic (exact) mass is 341 g/mol. The normalized spacial score (nSPS) is 11.1. The molecule has 3 aromatic rings. The molecule has 7 heteroatoms. The molecular weight excluding hydrogens is 322 g/mol. The van der Waals surface area contributed by atoms with Crippen LogP contribution < -0.4 is 10.2 Å². The fourth-order valence-electron chi connectivity index (χ4n) is 2.24. The quantitative estimate of drug-likeness (QED) is 0.527. The minimum absolute atomic E-state index is 0.629. The van der Waals surface area contributed by atoms with Crippen molar-refractivity contribution >= 4 is 22.7 Å². The molecule has 0 aliphatic carbocycles. The Kier molecular flexibility index (Phi) is 5.22. The number of benzene rings is 1. The Balaban J connectivity index is 1.75. The van der Waals surface area contributed by atoms with Crippen molar-refractivity contribution < 1.29 is 4.74 Å². The Labute approximate surface area is 144 Å². The summed E-state index contributed by atoms with van der Waals surface area (Å²) in [5.74, 6) is 0.869. The number of nitrogens with one attached hydrogen (secondary N) is 1. The maximum atomic E-state index is 5.71. The van der Waals surface area contributed by atoms with Gasteiger partial charge in [-0.1, -0.05) is 0 Å². The van der Waals surface area contributed by atoms with Crippen LogP contribution in [0.15, 0.2) is 47.1 Å². The highest BCUT2D eigenvalue weighted by Gasteiger charge is 2.06. The van der Waals surface area contributed by atoms with Crippen LogP contribution in [-0.2, 0) is 6.54 Å². The third-order valence-electron chi connectivity index (χ3n) is 3.27. The number of nitrogens with zero attached hydrogens (tertiary/aromatic N) is 4. The molecule has 1 aromatic carbocycles. The van der Waals surface area contributed by atoms with E-state index in [0.29, 0.717) is 13.2 Å². The van der Waals surface area contributed by atoms with Gasteiger partial charge in [-0.2, -0.15) is 10.2 Å². The molecule has 6 nitrogen and oxygen atoms in total. The second kappa shape index (κ2) is 7.74. The van der Waals surface area contributed by atoms with E-state index in [1.54, 1.807) is 12.4 Å².